The molecule has 0 spiro atoms. The van der Waals surface area contributed by atoms with E-state index in [0.29, 0.717) is 6.04 Å². The zero-order chi connectivity index (χ0) is 15.3. The largest absolute Gasteiger partial charge is 0.314 e. The van der Waals surface area contributed by atoms with Crippen LogP contribution >= 0.6 is 0 Å². The average Bonchev–Trinajstić information content (AvgIpc) is 2.48. The quantitative estimate of drug-likeness (QED) is 0.490. The van der Waals surface area contributed by atoms with Gasteiger partial charge in [-0.1, -0.05) is 83.1 Å². The van der Waals surface area contributed by atoms with Crippen LogP contribution in [0.2, 0.25) is 0 Å². The molecule has 1 heteroatoms. The molecule has 120 valence electrons. The number of hydrogen-bond donors (Lipinski definition) is 1. The van der Waals surface area contributed by atoms with Crippen LogP contribution in [-0.2, 0) is 6.42 Å². The fourth-order valence-electron chi connectivity index (χ4n) is 3.02. The van der Waals surface area contributed by atoms with Crippen molar-refractivity contribution in [2.24, 2.45) is 0 Å². The van der Waals surface area contributed by atoms with E-state index in [4.69, 9.17) is 0 Å². The first-order chi connectivity index (χ1) is 10.3. The topological polar surface area (TPSA) is 12.0 Å². The molecule has 0 radical (unpaired) electrons. The van der Waals surface area contributed by atoms with Crippen molar-refractivity contribution in [1.29, 1.82) is 0 Å². The minimum Gasteiger partial charge on any atom is -0.314 e. The van der Waals surface area contributed by atoms with E-state index in [1.807, 2.05) is 0 Å². The van der Waals surface area contributed by atoms with Gasteiger partial charge in [-0.05, 0) is 37.4 Å². The summed E-state index contributed by atoms with van der Waals surface area (Å²) >= 11 is 0. The van der Waals surface area contributed by atoms with E-state index in [0.717, 1.165) is 6.54 Å². The summed E-state index contributed by atoms with van der Waals surface area (Å²) in [7, 11) is 0. The third-order valence-corrected chi connectivity index (χ3v) is 4.38. The Kier molecular flexibility index (Phi) is 10.2. The molecule has 0 aliphatic carbocycles. The third kappa shape index (κ3) is 8.26. The maximum absolute atomic E-state index is 3.67. The summed E-state index contributed by atoms with van der Waals surface area (Å²) in [4.78, 5) is 0. The molecule has 0 aliphatic heterocycles. The van der Waals surface area contributed by atoms with Gasteiger partial charge in [0, 0.05) is 6.04 Å². The second-order valence-electron chi connectivity index (χ2n) is 6.30. The summed E-state index contributed by atoms with van der Waals surface area (Å²) in [6.45, 7) is 7.81. The van der Waals surface area contributed by atoms with Crippen LogP contribution in [0.1, 0.15) is 76.3 Å². The smallest absolute Gasteiger partial charge is 0.0107 e. The van der Waals surface area contributed by atoms with Crippen LogP contribution in [0.5, 0.6) is 0 Å². The second-order valence-corrected chi connectivity index (χ2v) is 6.30. The van der Waals surface area contributed by atoms with Crippen LogP contribution in [0.4, 0.5) is 0 Å². The molecule has 1 nitrogen and oxygen atoms in total. The Hall–Kier alpha value is -0.820. The summed E-state index contributed by atoms with van der Waals surface area (Å²) in [5, 5.41) is 3.67. The summed E-state index contributed by atoms with van der Waals surface area (Å²) in [5.41, 5.74) is 2.94. The predicted molar refractivity (Wildman–Crippen MR) is 95.0 cm³/mol. The van der Waals surface area contributed by atoms with Crippen LogP contribution in [0, 0.1) is 6.92 Å². The second kappa shape index (κ2) is 11.8. The molecule has 0 saturated carbocycles. The molecular formula is C20H35N. The number of nitrogens with one attached hydrogen (secondary N) is 1. The van der Waals surface area contributed by atoms with Gasteiger partial charge in [0.25, 0.3) is 0 Å². The third-order valence-electron chi connectivity index (χ3n) is 4.38. The fourth-order valence-corrected chi connectivity index (χ4v) is 3.02. The summed E-state index contributed by atoms with van der Waals surface area (Å²) < 4.78 is 0. The Morgan fingerprint density at radius 2 is 1.57 bits per heavy atom. The Labute approximate surface area is 132 Å². The van der Waals surface area contributed by atoms with Crippen molar-refractivity contribution in [3.63, 3.8) is 0 Å². The Bertz CT molecular complexity index is 359. The molecule has 0 amide bonds. The monoisotopic (exact) mass is 289 g/mol. The first kappa shape index (κ1) is 18.2. The average molecular weight is 290 g/mol. The zero-order valence-electron chi connectivity index (χ0n) is 14.5. The van der Waals surface area contributed by atoms with Gasteiger partial charge < -0.3 is 5.32 Å². The summed E-state index contributed by atoms with van der Waals surface area (Å²) in [6.07, 6.45) is 12.3. The normalized spacial score (nSPS) is 12.5. The van der Waals surface area contributed by atoms with Crippen molar-refractivity contribution in [2.45, 2.75) is 84.6 Å². The predicted octanol–water partition coefficient (Wildman–Crippen LogP) is 5.66. The van der Waals surface area contributed by atoms with E-state index >= 15 is 0 Å². The summed E-state index contributed by atoms with van der Waals surface area (Å²) in [5.74, 6) is 0. The standard InChI is InChI=1S/C20H35N/c1-4-6-7-8-9-10-11-16-20(21-5-2)17-19-15-13-12-14-18(19)3/h12-15,20-21H,4-11,16-17H2,1-3H3. The molecule has 1 rings (SSSR count). The molecule has 0 saturated heterocycles. The number of likely N-dealkylation sites (N-methyl/N-ethyl adjacent to an activating group) is 1. The van der Waals surface area contributed by atoms with Crippen molar-refractivity contribution in [1.82, 2.24) is 5.32 Å². The van der Waals surface area contributed by atoms with Gasteiger partial charge in [0.05, 0.1) is 0 Å². The minimum absolute atomic E-state index is 0.645. The van der Waals surface area contributed by atoms with Gasteiger partial charge in [-0.2, -0.15) is 0 Å². The Balaban J connectivity index is 2.25. The van der Waals surface area contributed by atoms with Crippen molar-refractivity contribution >= 4 is 0 Å². The molecule has 1 unspecified atom stereocenters. The molecule has 0 heterocycles. The summed E-state index contributed by atoms with van der Waals surface area (Å²) in [6, 6.07) is 9.46. The lowest BCUT2D eigenvalue weighted by Crippen LogP contribution is -2.31. The highest BCUT2D eigenvalue weighted by atomic mass is 14.9. The number of unbranched alkanes of at least 4 members (excludes halogenated alkanes) is 6. The molecule has 1 atom stereocenters. The highest BCUT2D eigenvalue weighted by Gasteiger charge is 2.09. The van der Waals surface area contributed by atoms with Gasteiger partial charge in [-0.25, -0.2) is 0 Å². The van der Waals surface area contributed by atoms with E-state index < -0.39 is 0 Å². The SMILES string of the molecule is CCCCCCCCCC(Cc1ccccc1C)NCC. The van der Waals surface area contributed by atoms with Crippen LogP contribution in [0.15, 0.2) is 24.3 Å². The van der Waals surface area contributed by atoms with Crippen molar-refractivity contribution in [3.05, 3.63) is 35.4 Å². The number of aryl methyl sites for hydroxylation is 1. The van der Waals surface area contributed by atoms with E-state index in [9.17, 15) is 0 Å². The van der Waals surface area contributed by atoms with Crippen LogP contribution < -0.4 is 5.32 Å². The highest BCUT2D eigenvalue weighted by Crippen LogP contribution is 2.15. The van der Waals surface area contributed by atoms with Crippen molar-refractivity contribution < 1.29 is 0 Å². The fraction of sp³-hybridized carbons (Fsp3) is 0.700. The molecule has 1 aromatic carbocycles. The number of hydrogen-bond acceptors (Lipinski definition) is 1. The first-order valence-corrected chi connectivity index (χ1v) is 9.05. The van der Waals surface area contributed by atoms with Gasteiger partial charge >= 0.3 is 0 Å². The molecule has 0 aromatic heterocycles. The Morgan fingerprint density at radius 3 is 2.24 bits per heavy atom. The lowest BCUT2D eigenvalue weighted by molar-refractivity contribution is 0.458. The lowest BCUT2D eigenvalue weighted by atomic mass is 9.97. The van der Waals surface area contributed by atoms with Crippen LogP contribution in [0.3, 0.4) is 0 Å². The van der Waals surface area contributed by atoms with E-state index in [1.54, 1.807) is 0 Å². The highest BCUT2D eigenvalue weighted by molar-refractivity contribution is 5.26. The van der Waals surface area contributed by atoms with Gasteiger partial charge in [0.2, 0.25) is 0 Å². The zero-order valence-corrected chi connectivity index (χ0v) is 14.5. The maximum atomic E-state index is 3.67. The van der Waals surface area contributed by atoms with Crippen molar-refractivity contribution in [2.75, 3.05) is 6.54 Å². The van der Waals surface area contributed by atoms with E-state index in [1.165, 1.54) is 68.9 Å². The Morgan fingerprint density at radius 1 is 0.905 bits per heavy atom. The number of benzene rings is 1. The minimum atomic E-state index is 0.645. The first-order valence-electron chi connectivity index (χ1n) is 9.05. The maximum Gasteiger partial charge on any atom is 0.0107 e. The lowest BCUT2D eigenvalue weighted by Gasteiger charge is -2.19. The van der Waals surface area contributed by atoms with Gasteiger partial charge in [0.1, 0.15) is 0 Å². The number of rotatable bonds is 12. The van der Waals surface area contributed by atoms with Crippen LogP contribution in [-0.4, -0.2) is 12.6 Å². The van der Waals surface area contributed by atoms with Gasteiger partial charge in [0.15, 0.2) is 0 Å². The van der Waals surface area contributed by atoms with E-state index in [-0.39, 0.29) is 0 Å². The molecule has 0 fully saturated rings. The van der Waals surface area contributed by atoms with Crippen molar-refractivity contribution in [3.8, 4) is 0 Å². The van der Waals surface area contributed by atoms with Crippen LogP contribution in [0.25, 0.3) is 0 Å². The molecule has 1 aromatic rings. The molecule has 21 heavy (non-hydrogen) atoms. The molecule has 0 aliphatic rings. The van der Waals surface area contributed by atoms with E-state index in [2.05, 4.69) is 50.4 Å². The molecular weight excluding hydrogens is 254 g/mol. The van der Waals surface area contributed by atoms with Gasteiger partial charge in [-0.15, -0.1) is 0 Å². The molecule has 1 N–H and O–H groups in total. The van der Waals surface area contributed by atoms with Gasteiger partial charge in [-0.3, -0.25) is 0 Å². The molecule has 0 bridgehead atoms.